The first-order valence-corrected chi connectivity index (χ1v) is 10.5. The van der Waals surface area contributed by atoms with Gasteiger partial charge in [-0.2, -0.15) is 5.10 Å². The molecule has 0 bridgehead atoms. The van der Waals surface area contributed by atoms with E-state index in [2.05, 4.69) is 10.00 Å². The zero-order chi connectivity index (χ0) is 21.8. The smallest absolute Gasteiger partial charge is 0.274 e. The minimum Gasteiger partial charge on any atom is -0.497 e. The molecule has 0 N–H and O–H groups in total. The Labute approximate surface area is 186 Å². The summed E-state index contributed by atoms with van der Waals surface area (Å²) in [5.74, 6) is 1.59. The molecule has 7 nitrogen and oxygen atoms in total. The maximum atomic E-state index is 12.9. The van der Waals surface area contributed by atoms with Crippen molar-refractivity contribution in [3.8, 4) is 17.2 Å². The maximum absolute atomic E-state index is 12.9. The van der Waals surface area contributed by atoms with Crippen LogP contribution in [-0.4, -0.2) is 65.9 Å². The Hall–Kier alpha value is -3.03. The molecule has 0 saturated carbocycles. The molecule has 4 rings (SSSR count). The van der Waals surface area contributed by atoms with Crippen LogP contribution in [0.25, 0.3) is 5.69 Å². The largest absolute Gasteiger partial charge is 0.497 e. The number of rotatable bonds is 6. The molecule has 1 aromatic heterocycles. The van der Waals surface area contributed by atoms with E-state index in [0.29, 0.717) is 23.8 Å². The van der Waals surface area contributed by atoms with Crippen molar-refractivity contribution in [2.24, 2.45) is 0 Å². The van der Waals surface area contributed by atoms with Gasteiger partial charge in [0.05, 0.1) is 19.9 Å². The van der Waals surface area contributed by atoms with Gasteiger partial charge in [-0.15, -0.1) is 0 Å². The topological polar surface area (TPSA) is 59.8 Å². The number of piperazine rings is 1. The number of benzene rings is 2. The van der Waals surface area contributed by atoms with E-state index in [1.807, 2.05) is 41.3 Å². The molecule has 1 aliphatic rings. The van der Waals surface area contributed by atoms with Gasteiger partial charge >= 0.3 is 0 Å². The Morgan fingerprint density at radius 1 is 1.03 bits per heavy atom. The predicted molar refractivity (Wildman–Crippen MR) is 119 cm³/mol. The third-order valence-corrected chi connectivity index (χ3v) is 5.66. The van der Waals surface area contributed by atoms with Crippen LogP contribution in [0.15, 0.2) is 54.7 Å². The zero-order valence-electron chi connectivity index (χ0n) is 17.6. The van der Waals surface area contributed by atoms with E-state index < -0.39 is 0 Å². The highest BCUT2D eigenvalue weighted by atomic mass is 35.5. The number of hydrogen-bond donors (Lipinski definition) is 0. The van der Waals surface area contributed by atoms with Gasteiger partial charge in [0.2, 0.25) is 0 Å². The van der Waals surface area contributed by atoms with Crippen molar-refractivity contribution in [1.29, 1.82) is 0 Å². The summed E-state index contributed by atoms with van der Waals surface area (Å²) in [5.41, 5.74) is 2.33. The summed E-state index contributed by atoms with van der Waals surface area (Å²) in [6.07, 6.45) is 1.78. The second-order valence-corrected chi connectivity index (χ2v) is 7.81. The summed E-state index contributed by atoms with van der Waals surface area (Å²) in [5, 5.41) is 5.08. The number of halogens is 1. The molecule has 1 saturated heterocycles. The van der Waals surface area contributed by atoms with Gasteiger partial charge in [0.15, 0.2) is 5.69 Å². The van der Waals surface area contributed by atoms with E-state index in [9.17, 15) is 4.79 Å². The van der Waals surface area contributed by atoms with Gasteiger partial charge in [-0.3, -0.25) is 9.69 Å². The van der Waals surface area contributed by atoms with Crippen molar-refractivity contribution in [3.63, 3.8) is 0 Å². The van der Waals surface area contributed by atoms with Crippen LogP contribution in [0, 0.1) is 0 Å². The second kappa shape index (κ2) is 9.41. The highest BCUT2D eigenvalue weighted by Gasteiger charge is 2.24. The number of nitrogens with zero attached hydrogens (tertiary/aromatic N) is 4. The Kier molecular flexibility index (Phi) is 6.44. The molecule has 0 unspecified atom stereocenters. The number of aromatic nitrogens is 2. The van der Waals surface area contributed by atoms with Crippen molar-refractivity contribution in [1.82, 2.24) is 19.6 Å². The third kappa shape index (κ3) is 4.84. The number of amides is 1. The molecule has 3 aromatic rings. The van der Waals surface area contributed by atoms with Crippen molar-refractivity contribution in [3.05, 3.63) is 71.0 Å². The van der Waals surface area contributed by atoms with Gasteiger partial charge < -0.3 is 14.4 Å². The standard InChI is InChI=1S/C23H25ClN4O3/c1-30-20-6-7-22(31-2)17(14-20)16-26-10-12-27(13-11-26)23(29)21-8-9-28(25-21)19-5-3-4-18(24)15-19/h3-9,14-15H,10-13,16H2,1-2H3. The monoisotopic (exact) mass is 440 g/mol. The van der Waals surface area contributed by atoms with E-state index >= 15 is 0 Å². The summed E-state index contributed by atoms with van der Waals surface area (Å²) >= 11 is 6.06. The molecule has 2 heterocycles. The molecule has 0 atom stereocenters. The fraction of sp³-hybridized carbons (Fsp3) is 0.304. The van der Waals surface area contributed by atoms with Crippen molar-refractivity contribution in [2.45, 2.75) is 6.54 Å². The highest BCUT2D eigenvalue weighted by molar-refractivity contribution is 6.30. The minimum absolute atomic E-state index is 0.0561. The maximum Gasteiger partial charge on any atom is 0.274 e. The lowest BCUT2D eigenvalue weighted by Crippen LogP contribution is -2.48. The van der Waals surface area contributed by atoms with E-state index in [-0.39, 0.29) is 5.91 Å². The van der Waals surface area contributed by atoms with Gasteiger partial charge in [-0.25, -0.2) is 4.68 Å². The van der Waals surface area contributed by atoms with Crippen LogP contribution >= 0.6 is 11.6 Å². The summed E-state index contributed by atoms with van der Waals surface area (Å²) in [7, 11) is 3.33. The summed E-state index contributed by atoms with van der Waals surface area (Å²) < 4.78 is 12.5. The quantitative estimate of drug-likeness (QED) is 0.587. The Balaban J connectivity index is 1.38. The molecule has 162 valence electrons. The summed E-state index contributed by atoms with van der Waals surface area (Å²) in [6.45, 7) is 3.60. The lowest BCUT2D eigenvalue weighted by atomic mass is 10.1. The molecular weight excluding hydrogens is 416 g/mol. The SMILES string of the molecule is COc1ccc(OC)c(CN2CCN(C(=O)c3ccn(-c4cccc(Cl)c4)n3)CC2)c1. The lowest BCUT2D eigenvalue weighted by Gasteiger charge is -2.34. The number of carbonyl (C=O) groups excluding carboxylic acids is 1. The fourth-order valence-electron chi connectivity index (χ4n) is 3.72. The molecule has 0 aliphatic carbocycles. The Morgan fingerprint density at radius 3 is 2.55 bits per heavy atom. The molecule has 1 aliphatic heterocycles. The normalized spacial score (nSPS) is 14.5. The summed E-state index contributed by atoms with van der Waals surface area (Å²) in [6, 6.07) is 14.9. The summed E-state index contributed by atoms with van der Waals surface area (Å²) in [4.78, 5) is 17.1. The molecular formula is C23H25ClN4O3. The lowest BCUT2D eigenvalue weighted by molar-refractivity contribution is 0.0621. The number of carbonyl (C=O) groups is 1. The first-order chi connectivity index (χ1) is 15.1. The molecule has 1 fully saturated rings. The zero-order valence-corrected chi connectivity index (χ0v) is 18.4. The van der Waals surface area contributed by atoms with Crippen molar-refractivity contribution < 1.29 is 14.3 Å². The van der Waals surface area contributed by atoms with Crippen molar-refractivity contribution >= 4 is 17.5 Å². The average molecular weight is 441 g/mol. The minimum atomic E-state index is -0.0561. The van der Waals surface area contributed by atoms with Crippen LogP contribution in [0.1, 0.15) is 16.1 Å². The van der Waals surface area contributed by atoms with Crippen LogP contribution in [0.3, 0.4) is 0 Å². The van der Waals surface area contributed by atoms with E-state index in [0.717, 1.165) is 42.4 Å². The van der Waals surface area contributed by atoms with Gasteiger partial charge in [-0.05, 0) is 42.5 Å². The first kappa shape index (κ1) is 21.2. The van der Waals surface area contributed by atoms with Crippen LogP contribution in [0.5, 0.6) is 11.5 Å². The Morgan fingerprint density at radius 2 is 1.84 bits per heavy atom. The van der Waals surface area contributed by atoms with Gasteiger partial charge in [0, 0.05) is 49.5 Å². The molecule has 1 amide bonds. The first-order valence-electron chi connectivity index (χ1n) is 10.1. The van der Waals surface area contributed by atoms with Gasteiger partial charge in [0.1, 0.15) is 11.5 Å². The van der Waals surface area contributed by atoms with Crippen LogP contribution in [0.2, 0.25) is 5.02 Å². The molecule has 8 heteroatoms. The molecule has 31 heavy (non-hydrogen) atoms. The van der Waals surface area contributed by atoms with E-state index in [1.165, 1.54) is 0 Å². The van der Waals surface area contributed by atoms with Crippen LogP contribution in [-0.2, 0) is 6.54 Å². The molecule has 0 spiro atoms. The van der Waals surface area contributed by atoms with Gasteiger partial charge in [0.25, 0.3) is 5.91 Å². The average Bonchev–Trinajstić information content (AvgIpc) is 3.29. The van der Waals surface area contributed by atoms with Gasteiger partial charge in [-0.1, -0.05) is 17.7 Å². The second-order valence-electron chi connectivity index (χ2n) is 7.37. The fourth-order valence-corrected chi connectivity index (χ4v) is 3.90. The number of methoxy groups -OCH3 is 2. The third-order valence-electron chi connectivity index (χ3n) is 5.42. The molecule has 0 radical (unpaired) electrons. The number of ether oxygens (including phenoxy) is 2. The van der Waals surface area contributed by atoms with Crippen molar-refractivity contribution in [2.75, 3.05) is 40.4 Å². The number of hydrogen-bond acceptors (Lipinski definition) is 5. The molecule has 2 aromatic carbocycles. The Bertz CT molecular complexity index is 1060. The van der Waals surface area contributed by atoms with Crippen LogP contribution in [0.4, 0.5) is 0 Å². The van der Waals surface area contributed by atoms with E-state index in [4.69, 9.17) is 21.1 Å². The highest BCUT2D eigenvalue weighted by Crippen LogP contribution is 2.26. The van der Waals surface area contributed by atoms with Crippen LogP contribution < -0.4 is 9.47 Å². The van der Waals surface area contributed by atoms with E-state index in [1.54, 1.807) is 37.2 Å². The predicted octanol–water partition coefficient (Wildman–Crippen LogP) is 3.50.